The number of nitrogens with zero attached hydrogens (tertiary/aromatic N) is 4. The Labute approximate surface area is 230 Å². The number of alkyl halides is 2. The summed E-state index contributed by atoms with van der Waals surface area (Å²) in [6.07, 6.45) is -1.85. The Morgan fingerprint density at radius 2 is 1.95 bits per heavy atom. The molecule has 0 radical (unpaired) electrons. The minimum absolute atomic E-state index is 0.0375. The molecule has 0 spiro atoms. The van der Waals surface area contributed by atoms with Crippen LogP contribution in [0.2, 0.25) is 5.02 Å². The standard InChI is InChI=1S/C26H23ClF3N5O3S/c27-17-7-4-8-18(28)20(17)25(36)31-13-19(22-21(23(29)30)32-14-39-22)35-11-9-16(10-12-35)37-26-33-24(34-38-26)15-5-2-1-3-6-15/h1-8,14,16,19,23H,9-13H2,(H,31,36). The molecule has 0 saturated carbocycles. The minimum Gasteiger partial charge on any atom is -0.445 e. The van der Waals surface area contributed by atoms with E-state index in [2.05, 4.69) is 20.4 Å². The molecule has 1 aliphatic heterocycles. The smallest absolute Gasteiger partial charge is 0.417 e. The number of amides is 1. The van der Waals surface area contributed by atoms with Gasteiger partial charge in [0.2, 0.25) is 5.82 Å². The maximum absolute atomic E-state index is 14.2. The second kappa shape index (κ2) is 12.1. The fraction of sp³-hybridized carbons (Fsp3) is 0.308. The average molecular weight is 578 g/mol. The number of aromatic nitrogens is 3. The number of nitrogens with one attached hydrogen (secondary N) is 1. The van der Waals surface area contributed by atoms with Crippen molar-refractivity contribution in [2.24, 2.45) is 0 Å². The Hall–Kier alpha value is -3.48. The molecule has 0 bridgehead atoms. The van der Waals surface area contributed by atoms with Crippen LogP contribution in [0.1, 0.15) is 46.2 Å². The molecule has 1 fully saturated rings. The molecule has 2 aromatic heterocycles. The van der Waals surface area contributed by atoms with Gasteiger partial charge >= 0.3 is 6.08 Å². The molecule has 1 amide bonds. The first-order valence-electron chi connectivity index (χ1n) is 12.1. The lowest BCUT2D eigenvalue weighted by molar-refractivity contribution is 0.0501. The van der Waals surface area contributed by atoms with E-state index in [4.69, 9.17) is 20.9 Å². The molecule has 39 heavy (non-hydrogen) atoms. The zero-order valence-electron chi connectivity index (χ0n) is 20.4. The molecule has 1 unspecified atom stereocenters. The number of benzene rings is 2. The number of carbonyl (C=O) groups is 1. The Morgan fingerprint density at radius 1 is 1.18 bits per heavy atom. The first kappa shape index (κ1) is 27.1. The van der Waals surface area contributed by atoms with Crippen LogP contribution in [-0.4, -0.2) is 51.7 Å². The van der Waals surface area contributed by atoms with Gasteiger partial charge in [-0.2, -0.15) is 4.98 Å². The van der Waals surface area contributed by atoms with Gasteiger partial charge < -0.3 is 10.1 Å². The van der Waals surface area contributed by atoms with E-state index in [1.807, 2.05) is 35.2 Å². The van der Waals surface area contributed by atoms with Gasteiger partial charge in [0, 0.05) is 25.2 Å². The lowest BCUT2D eigenvalue weighted by Gasteiger charge is -2.37. The number of rotatable bonds is 9. The zero-order chi connectivity index (χ0) is 27.4. The molecule has 1 saturated heterocycles. The van der Waals surface area contributed by atoms with Gasteiger partial charge in [-0.3, -0.25) is 14.2 Å². The summed E-state index contributed by atoms with van der Waals surface area (Å²) in [6.45, 7) is 0.916. The molecular formula is C26H23ClF3N5O3S. The molecule has 2 aromatic carbocycles. The van der Waals surface area contributed by atoms with E-state index >= 15 is 0 Å². The van der Waals surface area contributed by atoms with Gasteiger partial charge in [0.05, 0.1) is 27.0 Å². The molecule has 1 aliphatic rings. The predicted molar refractivity (Wildman–Crippen MR) is 139 cm³/mol. The number of halogens is 4. The fourth-order valence-electron chi connectivity index (χ4n) is 4.47. The Balaban J connectivity index is 1.26. The van der Waals surface area contributed by atoms with E-state index in [-0.39, 0.29) is 35.0 Å². The normalized spacial score (nSPS) is 15.4. The number of hydrogen-bond donors (Lipinski definition) is 1. The number of carbonyl (C=O) groups excluding carboxylic acids is 1. The summed E-state index contributed by atoms with van der Waals surface area (Å²) in [5, 5.41) is 6.59. The monoisotopic (exact) mass is 577 g/mol. The second-order valence-electron chi connectivity index (χ2n) is 8.83. The lowest BCUT2D eigenvalue weighted by atomic mass is 10.0. The molecule has 3 heterocycles. The molecule has 13 heteroatoms. The second-order valence-corrected chi connectivity index (χ2v) is 10.1. The predicted octanol–water partition coefficient (Wildman–Crippen LogP) is 5.94. The summed E-state index contributed by atoms with van der Waals surface area (Å²) >= 11 is 7.11. The van der Waals surface area contributed by atoms with Crippen molar-refractivity contribution >= 4 is 28.8 Å². The zero-order valence-corrected chi connectivity index (χ0v) is 22.0. The number of thiazole rings is 1. The van der Waals surface area contributed by atoms with Crippen LogP contribution >= 0.6 is 22.9 Å². The first-order chi connectivity index (χ1) is 18.9. The van der Waals surface area contributed by atoms with Gasteiger partial charge in [-0.15, -0.1) is 11.3 Å². The van der Waals surface area contributed by atoms with Gasteiger partial charge in [-0.1, -0.05) is 53.2 Å². The van der Waals surface area contributed by atoms with Crippen LogP contribution in [0.25, 0.3) is 11.4 Å². The van der Waals surface area contributed by atoms with Crippen molar-refractivity contribution in [3.63, 3.8) is 0 Å². The van der Waals surface area contributed by atoms with Crippen molar-refractivity contribution in [1.82, 2.24) is 25.3 Å². The van der Waals surface area contributed by atoms with E-state index in [9.17, 15) is 18.0 Å². The van der Waals surface area contributed by atoms with Crippen molar-refractivity contribution < 1.29 is 27.2 Å². The molecule has 1 atom stereocenters. The van der Waals surface area contributed by atoms with Crippen LogP contribution in [0.15, 0.2) is 58.6 Å². The minimum atomic E-state index is -2.78. The third kappa shape index (κ3) is 6.23. The highest BCUT2D eigenvalue weighted by atomic mass is 35.5. The van der Waals surface area contributed by atoms with Gasteiger partial charge in [0.15, 0.2) is 0 Å². The third-order valence-corrected chi connectivity index (χ3v) is 7.66. The molecule has 4 aromatic rings. The number of hydrogen-bond acceptors (Lipinski definition) is 8. The Morgan fingerprint density at radius 3 is 2.67 bits per heavy atom. The maximum Gasteiger partial charge on any atom is 0.417 e. The Kier molecular flexibility index (Phi) is 8.44. The van der Waals surface area contributed by atoms with Gasteiger partial charge in [-0.05, 0) is 25.0 Å². The number of ether oxygens (including phenoxy) is 1. The average Bonchev–Trinajstić information content (AvgIpc) is 3.61. The van der Waals surface area contributed by atoms with Crippen molar-refractivity contribution in [3.05, 3.63) is 81.0 Å². The van der Waals surface area contributed by atoms with Crippen LogP contribution in [-0.2, 0) is 0 Å². The highest BCUT2D eigenvalue weighted by Crippen LogP contribution is 2.35. The van der Waals surface area contributed by atoms with Crippen LogP contribution in [0.5, 0.6) is 6.08 Å². The summed E-state index contributed by atoms with van der Waals surface area (Å²) in [4.78, 5) is 23.2. The highest BCUT2D eigenvalue weighted by molar-refractivity contribution is 7.09. The topological polar surface area (TPSA) is 93.4 Å². The third-order valence-electron chi connectivity index (χ3n) is 6.40. The first-order valence-corrected chi connectivity index (χ1v) is 13.4. The van der Waals surface area contributed by atoms with Gasteiger partial charge in [0.1, 0.15) is 17.6 Å². The lowest BCUT2D eigenvalue weighted by Crippen LogP contribution is -2.44. The van der Waals surface area contributed by atoms with E-state index in [1.165, 1.54) is 17.6 Å². The SMILES string of the molecule is O=C(NCC(c1scnc1C(F)F)N1CCC(Oc2nc(-c3ccccc3)no2)CC1)c1c(F)cccc1Cl. The Bertz CT molecular complexity index is 1390. The van der Waals surface area contributed by atoms with E-state index in [0.29, 0.717) is 36.6 Å². The fourth-order valence-corrected chi connectivity index (χ4v) is 5.65. The summed E-state index contributed by atoms with van der Waals surface area (Å²) in [6, 6.07) is 12.7. The van der Waals surface area contributed by atoms with Crippen LogP contribution in [0.3, 0.4) is 0 Å². The quantitative estimate of drug-likeness (QED) is 0.263. The van der Waals surface area contributed by atoms with Crippen LogP contribution in [0.4, 0.5) is 13.2 Å². The van der Waals surface area contributed by atoms with E-state index < -0.39 is 24.2 Å². The molecule has 8 nitrogen and oxygen atoms in total. The molecule has 5 rings (SSSR count). The summed E-state index contributed by atoms with van der Waals surface area (Å²) in [5.74, 6) is -1.08. The van der Waals surface area contributed by atoms with Crippen molar-refractivity contribution in [3.8, 4) is 17.5 Å². The summed E-state index contributed by atoms with van der Waals surface area (Å²) in [7, 11) is 0. The number of likely N-dealkylation sites (tertiary alicyclic amines) is 1. The van der Waals surface area contributed by atoms with Gasteiger partial charge in [-0.25, -0.2) is 18.2 Å². The van der Waals surface area contributed by atoms with Crippen LogP contribution < -0.4 is 10.1 Å². The van der Waals surface area contributed by atoms with Crippen molar-refractivity contribution in [2.45, 2.75) is 31.4 Å². The largest absolute Gasteiger partial charge is 0.445 e. The van der Waals surface area contributed by atoms with Gasteiger partial charge in [0.25, 0.3) is 12.3 Å². The highest BCUT2D eigenvalue weighted by Gasteiger charge is 2.33. The summed E-state index contributed by atoms with van der Waals surface area (Å²) < 4.78 is 52.8. The molecular weight excluding hydrogens is 555 g/mol. The van der Waals surface area contributed by atoms with Crippen molar-refractivity contribution in [2.75, 3.05) is 19.6 Å². The van der Waals surface area contributed by atoms with E-state index in [0.717, 1.165) is 23.0 Å². The summed E-state index contributed by atoms with van der Waals surface area (Å²) in [5.41, 5.74) is 1.53. The molecule has 0 aliphatic carbocycles. The van der Waals surface area contributed by atoms with Crippen LogP contribution in [0, 0.1) is 5.82 Å². The van der Waals surface area contributed by atoms with Crippen molar-refractivity contribution in [1.29, 1.82) is 0 Å². The number of piperidine rings is 1. The maximum atomic E-state index is 14.2. The molecule has 1 N–H and O–H groups in total. The molecule has 204 valence electrons. The van der Waals surface area contributed by atoms with E-state index in [1.54, 1.807) is 0 Å².